The van der Waals surface area contributed by atoms with Crippen LogP contribution in [0, 0.1) is 0 Å². The molecule has 6 nitrogen and oxygen atoms in total. The third-order valence-electron chi connectivity index (χ3n) is 3.67. The highest BCUT2D eigenvalue weighted by Gasteiger charge is 2.15. The molecular weight excluding hydrogens is 370 g/mol. The van der Waals surface area contributed by atoms with Gasteiger partial charge < -0.3 is 5.32 Å². The molecule has 1 heterocycles. The maximum atomic E-state index is 12.5. The molecule has 1 amide bonds. The van der Waals surface area contributed by atoms with Crippen LogP contribution in [-0.2, 0) is 10.0 Å². The Labute approximate surface area is 159 Å². The highest BCUT2D eigenvalue weighted by Crippen LogP contribution is 2.28. The summed E-state index contributed by atoms with van der Waals surface area (Å²) in [7, 11) is -3.20. The van der Waals surface area contributed by atoms with Gasteiger partial charge in [0.15, 0.2) is 0 Å². The molecule has 140 valence electrons. The topological polar surface area (TPSA) is 79.4 Å². The second kappa shape index (κ2) is 9.70. The molecule has 0 fully saturated rings. The van der Waals surface area contributed by atoms with Gasteiger partial charge in [-0.05, 0) is 30.7 Å². The summed E-state index contributed by atoms with van der Waals surface area (Å²) in [5.41, 5.74) is 0.511. The van der Waals surface area contributed by atoms with Crippen molar-refractivity contribution in [3.05, 3.63) is 54.2 Å². The molecule has 0 radical (unpaired) electrons. The molecule has 1 aromatic carbocycles. The van der Waals surface area contributed by atoms with Crippen LogP contribution in [0.1, 0.15) is 23.7 Å². The first-order valence-corrected chi connectivity index (χ1v) is 11.0. The standard InChI is InChI=1S/C18H23N3O3S2/c1-3-21(26(2,23)24)14-8-13-19-17(22)16-11-7-12-20-18(16)25-15-9-5-4-6-10-15/h4-7,9-12H,3,8,13-14H2,1-2H3,(H,19,22). The van der Waals surface area contributed by atoms with Crippen LogP contribution in [0.3, 0.4) is 0 Å². The fourth-order valence-corrected chi connectivity index (χ4v) is 4.19. The highest BCUT2D eigenvalue weighted by molar-refractivity contribution is 7.99. The van der Waals surface area contributed by atoms with Crippen molar-refractivity contribution in [2.24, 2.45) is 0 Å². The summed E-state index contributed by atoms with van der Waals surface area (Å²) in [6.07, 6.45) is 3.40. The Balaban J connectivity index is 1.94. The van der Waals surface area contributed by atoms with Crippen molar-refractivity contribution in [3.8, 4) is 0 Å². The van der Waals surface area contributed by atoms with Gasteiger partial charge in [0.1, 0.15) is 5.03 Å². The fraction of sp³-hybridized carbons (Fsp3) is 0.333. The number of carbonyl (C=O) groups excluding carboxylic acids is 1. The molecule has 0 spiro atoms. The Morgan fingerprint density at radius 3 is 2.58 bits per heavy atom. The van der Waals surface area contributed by atoms with Gasteiger partial charge in [-0.1, -0.05) is 36.9 Å². The van der Waals surface area contributed by atoms with E-state index in [0.29, 0.717) is 36.6 Å². The van der Waals surface area contributed by atoms with Gasteiger partial charge in [-0.25, -0.2) is 17.7 Å². The Bertz CT molecular complexity index is 827. The van der Waals surface area contributed by atoms with Crippen molar-refractivity contribution < 1.29 is 13.2 Å². The van der Waals surface area contributed by atoms with E-state index in [-0.39, 0.29) is 5.91 Å². The van der Waals surface area contributed by atoms with E-state index in [1.807, 2.05) is 30.3 Å². The van der Waals surface area contributed by atoms with Crippen LogP contribution in [0.25, 0.3) is 0 Å². The lowest BCUT2D eigenvalue weighted by Gasteiger charge is -2.17. The average molecular weight is 394 g/mol. The second-order valence-electron chi connectivity index (χ2n) is 5.64. The number of amides is 1. The summed E-state index contributed by atoms with van der Waals surface area (Å²) in [6, 6.07) is 13.2. The van der Waals surface area contributed by atoms with E-state index in [2.05, 4.69) is 10.3 Å². The van der Waals surface area contributed by atoms with Gasteiger partial charge in [-0.2, -0.15) is 0 Å². The van der Waals surface area contributed by atoms with Crippen molar-refractivity contribution in [2.75, 3.05) is 25.9 Å². The molecule has 2 aromatic rings. The SMILES string of the molecule is CCN(CCCNC(=O)c1cccnc1Sc1ccccc1)S(C)(=O)=O. The van der Waals surface area contributed by atoms with Crippen LogP contribution < -0.4 is 5.32 Å². The molecule has 1 aromatic heterocycles. The summed E-state index contributed by atoms with van der Waals surface area (Å²) < 4.78 is 24.5. The van der Waals surface area contributed by atoms with E-state index >= 15 is 0 Å². The zero-order valence-electron chi connectivity index (χ0n) is 14.9. The van der Waals surface area contributed by atoms with Crippen molar-refractivity contribution in [1.82, 2.24) is 14.6 Å². The maximum Gasteiger partial charge on any atom is 0.254 e. The first-order valence-electron chi connectivity index (χ1n) is 8.33. The van der Waals surface area contributed by atoms with Gasteiger partial charge in [0.25, 0.3) is 5.91 Å². The smallest absolute Gasteiger partial charge is 0.254 e. The maximum absolute atomic E-state index is 12.5. The molecule has 0 atom stereocenters. The number of hydrogen-bond acceptors (Lipinski definition) is 5. The number of nitrogens with zero attached hydrogens (tertiary/aromatic N) is 2. The number of hydrogen-bond donors (Lipinski definition) is 1. The van der Waals surface area contributed by atoms with Crippen molar-refractivity contribution in [3.63, 3.8) is 0 Å². The van der Waals surface area contributed by atoms with Crippen molar-refractivity contribution in [2.45, 2.75) is 23.3 Å². The number of rotatable bonds is 9. The number of aromatic nitrogens is 1. The van der Waals surface area contributed by atoms with E-state index in [4.69, 9.17) is 0 Å². The summed E-state index contributed by atoms with van der Waals surface area (Å²) in [6.45, 7) is 3.00. The summed E-state index contributed by atoms with van der Waals surface area (Å²) >= 11 is 1.43. The Morgan fingerprint density at radius 2 is 1.92 bits per heavy atom. The molecule has 8 heteroatoms. The Kier molecular flexibility index (Phi) is 7.62. The van der Waals surface area contributed by atoms with Crippen molar-refractivity contribution >= 4 is 27.7 Å². The van der Waals surface area contributed by atoms with Gasteiger partial charge in [0.05, 0.1) is 11.8 Å². The van der Waals surface area contributed by atoms with Gasteiger partial charge in [0, 0.05) is 30.7 Å². The number of sulfonamides is 1. The minimum absolute atomic E-state index is 0.209. The molecule has 0 aliphatic rings. The normalized spacial score (nSPS) is 11.5. The lowest BCUT2D eigenvalue weighted by Crippen LogP contribution is -2.33. The van der Waals surface area contributed by atoms with Crippen LogP contribution in [0.5, 0.6) is 0 Å². The molecule has 0 aliphatic heterocycles. The summed E-state index contributed by atoms with van der Waals surface area (Å²) in [5, 5.41) is 3.48. The quantitative estimate of drug-likeness (QED) is 0.663. The van der Waals surface area contributed by atoms with E-state index in [9.17, 15) is 13.2 Å². The van der Waals surface area contributed by atoms with Crippen LogP contribution >= 0.6 is 11.8 Å². The number of nitrogens with one attached hydrogen (secondary N) is 1. The summed E-state index contributed by atoms with van der Waals surface area (Å²) in [5.74, 6) is -0.209. The molecular formula is C18H23N3O3S2. The van der Waals surface area contributed by atoms with Crippen LogP contribution in [0.4, 0.5) is 0 Å². The molecule has 0 bridgehead atoms. The van der Waals surface area contributed by atoms with E-state index in [0.717, 1.165) is 4.90 Å². The first kappa shape index (κ1) is 20.4. The lowest BCUT2D eigenvalue weighted by molar-refractivity contribution is 0.0949. The Hall–Kier alpha value is -1.90. The second-order valence-corrected chi connectivity index (χ2v) is 8.68. The lowest BCUT2D eigenvalue weighted by atomic mass is 10.2. The van der Waals surface area contributed by atoms with E-state index < -0.39 is 10.0 Å². The van der Waals surface area contributed by atoms with Gasteiger partial charge in [-0.3, -0.25) is 4.79 Å². The van der Waals surface area contributed by atoms with Crippen LogP contribution in [-0.4, -0.2) is 49.5 Å². The average Bonchev–Trinajstić information content (AvgIpc) is 2.61. The third kappa shape index (κ3) is 6.12. The van der Waals surface area contributed by atoms with Crippen LogP contribution in [0.2, 0.25) is 0 Å². The molecule has 0 aliphatic carbocycles. The predicted molar refractivity (Wildman–Crippen MR) is 104 cm³/mol. The summed E-state index contributed by atoms with van der Waals surface area (Å²) in [4.78, 5) is 17.8. The van der Waals surface area contributed by atoms with Gasteiger partial charge in [-0.15, -0.1) is 0 Å². The molecule has 0 saturated carbocycles. The zero-order chi connectivity index (χ0) is 19.0. The predicted octanol–water partition coefficient (Wildman–Crippen LogP) is 2.63. The zero-order valence-corrected chi connectivity index (χ0v) is 16.5. The fourth-order valence-electron chi connectivity index (χ4n) is 2.36. The largest absolute Gasteiger partial charge is 0.352 e. The van der Waals surface area contributed by atoms with Gasteiger partial charge in [0.2, 0.25) is 10.0 Å². The molecule has 1 N–H and O–H groups in total. The number of carbonyl (C=O) groups is 1. The molecule has 2 rings (SSSR count). The van der Waals surface area contributed by atoms with Crippen molar-refractivity contribution in [1.29, 1.82) is 0 Å². The Morgan fingerprint density at radius 1 is 1.19 bits per heavy atom. The van der Waals surface area contributed by atoms with Gasteiger partial charge >= 0.3 is 0 Å². The monoisotopic (exact) mass is 393 g/mol. The minimum atomic E-state index is -3.20. The number of pyridine rings is 1. The minimum Gasteiger partial charge on any atom is -0.352 e. The molecule has 26 heavy (non-hydrogen) atoms. The van der Waals surface area contributed by atoms with E-state index in [1.165, 1.54) is 22.3 Å². The number of benzene rings is 1. The van der Waals surface area contributed by atoms with E-state index in [1.54, 1.807) is 25.3 Å². The highest BCUT2D eigenvalue weighted by atomic mass is 32.2. The molecule has 0 saturated heterocycles. The first-order chi connectivity index (χ1) is 12.4. The third-order valence-corrected chi connectivity index (χ3v) is 6.07. The van der Waals surface area contributed by atoms with Crippen LogP contribution in [0.15, 0.2) is 58.6 Å². The molecule has 0 unspecified atom stereocenters.